The van der Waals surface area contributed by atoms with Gasteiger partial charge in [0.05, 0.1) is 26.6 Å². The van der Waals surface area contributed by atoms with Crippen LogP contribution in [0.2, 0.25) is 0 Å². The highest BCUT2D eigenvalue weighted by Crippen LogP contribution is 2.51. The number of carboxylic acid groups (broad SMARTS) is 1. The van der Waals surface area contributed by atoms with Crippen molar-refractivity contribution in [2.75, 3.05) is 5.32 Å². The molecule has 2 N–H and O–H groups in total. The maximum atomic E-state index is 15.1. The van der Waals surface area contributed by atoms with Crippen LogP contribution in [0.15, 0.2) is 54.6 Å². The first-order chi connectivity index (χ1) is 19.2. The van der Waals surface area contributed by atoms with E-state index in [1.807, 2.05) is 36.4 Å². The number of hydrogen-bond donors (Lipinski definition) is 2. The van der Waals surface area contributed by atoms with Crippen molar-refractivity contribution in [1.82, 2.24) is 4.37 Å². The number of amides is 1. The van der Waals surface area contributed by atoms with E-state index in [1.54, 1.807) is 19.9 Å². The molecular formula is C29H22F2N2O4S3. The van der Waals surface area contributed by atoms with Crippen molar-refractivity contribution in [1.29, 1.82) is 0 Å². The van der Waals surface area contributed by atoms with Crippen molar-refractivity contribution in [3.8, 4) is 20.2 Å². The summed E-state index contributed by atoms with van der Waals surface area (Å²) in [6, 6.07) is 15.3. The Balaban J connectivity index is 1.24. The van der Waals surface area contributed by atoms with Crippen molar-refractivity contribution in [3.05, 3.63) is 83.1 Å². The van der Waals surface area contributed by atoms with E-state index in [-0.39, 0.29) is 11.1 Å². The standard InChI is InChI=1S/C29H22F2N2O4S3/c1-14-25(32-28(36)37-15(2)16-6-4-3-5-7-16)26(40-33-14)24-13-23-22(39-24)12-21(38-23)17-10-20(31)18(11-19(17)30)29(8-9-29)27(34)35/h3-7,10-13,15H,8-9H2,1-2H3,(H,32,36)(H,34,35). The summed E-state index contributed by atoms with van der Waals surface area (Å²) >= 11 is 4.03. The number of hydrogen-bond acceptors (Lipinski definition) is 7. The minimum absolute atomic E-state index is 0.0980. The van der Waals surface area contributed by atoms with E-state index in [1.165, 1.54) is 34.2 Å². The second kappa shape index (κ2) is 10.1. The predicted molar refractivity (Wildman–Crippen MR) is 154 cm³/mol. The zero-order valence-corrected chi connectivity index (χ0v) is 23.7. The summed E-state index contributed by atoms with van der Waals surface area (Å²) in [5.74, 6) is -2.49. The van der Waals surface area contributed by atoms with Gasteiger partial charge in [0.15, 0.2) is 0 Å². The SMILES string of the molecule is Cc1nsc(-c2cc3sc(-c4cc(F)c(C5(C(=O)O)CC5)cc4F)cc3s2)c1NC(=O)OC(C)c1ccccc1. The molecule has 3 aromatic heterocycles. The van der Waals surface area contributed by atoms with Crippen LogP contribution in [0.25, 0.3) is 29.6 Å². The Morgan fingerprint density at radius 2 is 1.70 bits per heavy atom. The molecule has 0 bridgehead atoms. The lowest BCUT2D eigenvalue weighted by Gasteiger charge is -2.14. The number of fused-ring (bicyclic) bond motifs is 1. The first kappa shape index (κ1) is 26.5. The molecule has 1 saturated carbocycles. The highest BCUT2D eigenvalue weighted by molar-refractivity contribution is 7.32. The van der Waals surface area contributed by atoms with Crippen LogP contribution in [0, 0.1) is 18.6 Å². The lowest BCUT2D eigenvalue weighted by molar-refractivity contribution is -0.140. The number of thiophene rings is 2. The largest absolute Gasteiger partial charge is 0.481 e. The summed E-state index contributed by atoms with van der Waals surface area (Å²) < 4.78 is 41.7. The lowest BCUT2D eigenvalue weighted by Crippen LogP contribution is -2.21. The maximum absolute atomic E-state index is 15.1. The van der Waals surface area contributed by atoms with Crippen molar-refractivity contribution in [2.45, 2.75) is 38.2 Å². The number of carbonyl (C=O) groups is 2. The second-order valence-electron chi connectivity index (χ2n) is 9.70. The normalized spacial score (nSPS) is 14.7. The molecule has 2 aromatic carbocycles. The number of halogens is 2. The Hall–Kier alpha value is -3.67. The summed E-state index contributed by atoms with van der Waals surface area (Å²) in [5, 5.41) is 12.3. The third-order valence-electron chi connectivity index (χ3n) is 7.07. The van der Waals surface area contributed by atoms with E-state index in [2.05, 4.69) is 9.69 Å². The number of nitrogens with zero attached hydrogens (tertiary/aromatic N) is 1. The third-order valence-corrected chi connectivity index (χ3v) is 10.5. The zero-order chi connectivity index (χ0) is 28.2. The molecule has 1 fully saturated rings. The molecule has 6 nitrogen and oxygen atoms in total. The van der Waals surface area contributed by atoms with Gasteiger partial charge in [0.25, 0.3) is 0 Å². The summed E-state index contributed by atoms with van der Waals surface area (Å²) in [7, 11) is 0. The van der Waals surface area contributed by atoms with Gasteiger partial charge in [0.2, 0.25) is 0 Å². The molecule has 5 aromatic rings. The number of benzene rings is 2. The first-order valence-corrected chi connectivity index (χ1v) is 14.8. The Kier molecular flexibility index (Phi) is 6.68. The molecule has 0 spiro atoms. The maximum Gasteiger partial charge on any atom is 0.412 e. The quantitative estimate of drug-likeness (QED) is 0.196. The molecule has 0 saturated heterocycles. The molecule has 0 radical (unpaired) electrons. The molecule has 204 valence electrons. The zero-order valence-electron chi connectivity index (χ0n) is 21.3. The van der Waals surface area contributed by atoms with Crippen LogP contribution in [-0.4, -0.2) is 21.5 Å². The smallest absolute Gasteiger partial charge is 0.412 e. The second-order valence-corrected chi connectivity index (χ2v) is 12.6. The molecule has 1 unspecified atom stereocenters. The van der Waals surface area contributed by atoms with Gasteiger partial charge >= 0.3 is 12.1 Å². The van der Waals surface area contributed by atoms with Gasteiger partial charge < -0.3 is 9.84 Å². The molecule has 6 rings (SSSR count). The molecule has 3 heterocycles. The van der Waals surface area contributed by atoms with E-state index in [0.717, 1.165) is 36.9 Å². The number of carboxylic acids is 1. The fraction of sp³-hybridized carbons (Fsp3) is 0.207. The highest BCUT2D eigenvalue weighted by atomic mass is 32.1. The van der Waals surface area contributed by atoms with E-state index in [9.17, 15) is 19.1 Å². The predicted octanol–water partition coefficient (Wildman–Crippen LogP) is 8.77. The molecule has 40 heavy (non-hydrogen) atoms. The Morgan fingerprint density at radius 1 is 1.02 bits per heavy atom. The number of aryl methyl sites for hydroxylation is 1. The molecule has 0 aliphatic heterocycles. The summed E-state index contributed by atoms with van der Waals surface area (Å²) in [4.78, 5) is 26.5. The van der Waals surface area contributed by atoms with Crippen LogP contribution in [0.1, 0.15) is 42.7 Å². The molecule has 1 aliphatic carbocycles. The minimum atomic E-state index is -1.32. The van der Waals surface area contributed by atoms with E-state index < -0.39 is 35.2 Å². The van der Waals surface area contributed by atoms with E-state index in [0.29, 0.717) is 29.1 Å². The lowest BCUT2D eigenvalue weighted by atomic mass is 9.94. The molecule has 1 atom stereocenters. The first-order valence-electron chi connectivity index (χ1n) is 12.4. The Morgan fingerprint density at radius 3 is 2.38 bits per heavy atom. The van der Waals surface area contributed by atoms with E-state index in [4.69, 9.17) is 4.74 Å². The van der Waals surface area contributed by atoms with Gasteiger partial charge in [0.1, 0.15) is 17.7 Å². The molecular weight excluding hydrogens is 575 g/mol. The summed E-state index contributed by atoms with van der Waals surface area (Å²) in [5.41, 5.74) is 0.795. The number of anilines is 1. The van der Waals surface area contributed by atoms with Crippen LogP contribution in [-0.2, 0) is 14.9 Å². The number of aromatic nitrogens is 1. The molecule has 11 heteroatoms. The molecule has 1 aliphatic rings. The van der Waals surface area contributed by atoms with Crippen LogP contribution in [0.4, 0.5) is 19.3 Å². The Labute approximate surface area is 240 Å². The Bertz CT molecular complexity index is 1740. The van der Waals surface area contributed by atoms with Gasteiger partial charge in [0, 0.05) is 25.4 Å². The van der Waals surface area contributed by atoms with Crippen LogP contribution in [0.5, 0.6) is 0 Å². The fourth-order valence-electron chi connectivity index (χ4n) is 4.68. The van der Waals surface area contributed by atoms with Gasteiger partial charge in [-0.25, -0.2) is 13.6 Å². The highest BCUT2D eigenvalue weighted by Gasteiger charge is 2.53. The van der Waals surface area contributed by atoms with Crippen LogP contribution < -0.4 is 5.32 Å². The number of nitrogens with one attached hydrogen (secondary N) is 1. The third kappa shape index (κ3) is 4.67. The van der Waals surface area contributed by atoms with Crippen molar-refractivity contribution in [2.24, 2.45) is 0 Å². The van der Waals surface area contributed by atoms with Crippen LogP contribution in [0.3, 0.4) is 0 Å². The monoisotopic (exact) mass is 596 g/mol. The number of ether oxygens (including phenoxy) is 1. The number of carbonyl (C=O) groups excluding carboxylic acids is 1. The van der Waals surface area contributed by atoms with Gasteiger partial charge in [-0.15, -0.1) is 22.7 Å². The number of rotatable bonds is 7. The molecule has 1 amide bonds. The van der Waals surface area contributed by atoms with E-state index >= 15 is 4.39 Å². The number of aliphatic carboxylic acids is 1. The van der Waals surface area contributed by atoms with Crippen molar-refractivity contribution in [3.63, 3.8) is 0 Å². The summed E-state index contributed by atoms with van der Waals surface area (Å²) in [6.45, 7) is 3.61. The van der Waals surface area contributed by atoms with Gasteiger partial charge in [-0.3, -0.25) is 10.1 Å². The van der Waals surface area contributed by atoms with Gasteiger partial charge in [-0.1, -0.05) is 30.3 Å². The topological polar surface area (TPSA) is 88.5 Å². The van der Waals surface area contributed by atoms with Crippen molar-refractivity contribution < 1.29 is 28.2 Å². The van der Waals surface area contributed by atoms with Gasteiger partial charge in [-0.05, 0) is 68.1 Å². The van der Waals surface area contributed by atoms with Crippen LogP contribution >= 0.6 is 34.2 Å². The minimum Gasteiger partial charge on any atom is -0.481 e. The average Bonchev–Trinajstić information content (AvgIpc) is 3.34. The summed E-state index contributed by atoms with van der Waals surface area (Å²) in [6.07, 6.45) is -0.417. The average molecular weight is 597 g/mol. The fourth-order valence-corrected chi connectivity index (χ4v) is 8.03. The van der Waals surface area contributed by atoms with Gasteiger partial charge in [-0.2, -0.15) is 4.37 Å². The van der Waals surface area contributed by atoms with Crippen molar-refractivity contribution >= 4 is 61.4 Å².